The highest BCUT2D eigenvalue weighted by atomic mass is 16.2. The van der Waals surface area contributed by atoms with Crippen LogP contribution in [0, 0.1) is 0 Å². The third-order valence-electron chi connectivity index (χ3n) is 3.89. The van der Waals surface area contributed by atoms with E-state index in [2.05, 4.69) is 4.98 Å². The smallest absolute Gasteiger partial charge is 0.328 e. The number of hydrogen-bond donors (Lipinski definition) is 0. The van der Waals surface area contributed by atoms with E-state index in [4.69, 9.17) is 0 Å². The molecule has 0 N–H and O–H groups in total. The molecule has 0 saturated carbocycles. The molecule has 0 amide bonds. The van der Waals surface area contributed by atoms with Gasteiger partial charge in [-0.1, -0.05) is 30.3 Å². The number of nitrogens with zero attached hydrogens (tertiary/aromatic N) is 4. The van der Waals surface area contributed by atoms with E-state index in [1.54, 1.807) is 25.0 Å². The maximum atomic E-state index is 12.5. The van der Waals surface area contributed by atoms with Crippen molar-refractivity contribution in [1.29, 1.82) is 0 Å². The van der Waals surface area contributed by atoms with Gasteiger partial charge in [-0.15, -0.1) is 0 Å². The zero-order valence-electron chi connectivity index (χ0n) is 12.7. The molecule has 3 aromatic rings. The van der Waals surface area contributed by atoms with Crippen molar-refractivity contribution in [1.82, 2.24) is 18.7 Å². The molecular formula is C16H18N4O2. The average molecular weight is 298 g/mol. The minimum Gasteiger partial charge on any atom is -0.328 e. The van der Waals surface area contributed by atoms with E-state index < -0.39 is 0 Å². The summed E-state index contributed by atoms with van der Waals surface area (Å²) < 4.78 is 4.39. The van der Waals surface area contributed by atoms with Crippen LogP contribution in [0.5, 0.6) is 0 Å². The Bertz CT molecular complexity index is 919. The van der Waals surface area contributed by atoms with Crippen LogP contribution < -0.4 is 11.2 Å². The van der Waals surface area contributed by atoms with Gasteiger partial charge in [-0.05, 0) is 18.4 Å². The molecular weight excluding hydrogens is 280 g/mol. The second-order valence-corrected chi connectivity index (χ2v) is 5.42. The summed E-state index contributed by atoms with van der Waals surface area (Å²) in [6.45, 7) is 0.404. The van der Waals surface area contributed by atoms with Crippen molar-refractivity contribution in [3.63, 3.8) is 0 Å². The molecule has 2 heterocycles. The molecule has 22 heavy (non-hydrogen) atoms. The molecule has 0 bridgehead atoms. The quantitative estimate of drug-likeness (QED) is 0.724. The van der Waals surface area contributed by atoms with Crippen LogP contribution in [0.15, 0.2) is 46.2 Å². The molecule has 0 radical (unpaired) electrons. The summed E-state index contributed by atoms with van der Waals surface area (Å²) in [7, 11) is 3.40. The van der Waals surface area contributed by atoms with Crippen LogP contribution in [0.25, 0.3) is 11.2 Å². The Morgan fingerprint density at radius 1 is 1.09 bits per heavy atom. The van der Waals surface area contributed by atoms with Gasteiger partial charge >= 0.3 is 5.69 Å². The lowest BCUT2D eigenvalue weighted by Gasteiger charge is -2.08. The SMILES string of the molecule is Cn1cnc2c1c(=O)n(CCCc1ccccc1)c(=O)n2C. The van der Waals surface area contributed by atoms with E-state index in [1.807, 2.05) is 30.3 Å². The Morgan fingerprint density at radius 2 is 1.82 bits per heavy atom. The van der Waals surface area contributed by atoms with Gasteiger partial charge in [-0.3, -0.25) is 13.9 Å². The fraction of sp³-hybridized carbons (Fsp3) is 0.312. The van der Waals surface area contributed by atoms with Gasteiger partial charge in [-0.2, -0.15) is 0 Å². The van der Waals surface area contributed by atoms with Gasteiger partial charge < -0.3 is 4.57 Å². The molecule has 0 fully saturated rings. The molecule has 6 nitrogen and oxygen atoms in total. The lowest BCUT2D eigenvalue weighted by Crippen LogP contribution is -2.39. The first-order valence-electron chi connectivity index (χ1n) is 7.24. The van der Waals surface area contributed by atoms with Crippen molar-refractivity contribution in [2.75, 3.05) is 0 Å². The number of imidazole rings is 1. The average Bonchev–Trinajstić information content (AvgIpc) is 2.91. The summed E-state index contributed by atoms with van der Waals surface area (Å²) in [6.07, 6.45) is 3.13. The van der Waals surface area contributed by atoms with Gasteiger partial charge in [0.25, 0.3) is 5.56 Å². The molecule has 0 spiro atoms. The number of hydrogen-bond acceptors (Lipinski definition) is 3. The van der Waals surface area contributed by atoms with Crippen molar-refractivity contribution in [2.24, 2.45) is 14.1 Å². The van der Waals surface area contributed by atoms with Crippen LogP contribution in [0.2, 0.25) is 0 Å². The lowest BCUT2D eigenvalue weighted by atomic mass is 10.1. The predicted octanol–water partition coefficient (Wildman–Crippen LogP) is 1.07. The first kappa shape index (κ1) is 14.3. The molecule has 3 rings (SSSR count). The minimum atomic E-state index is -0.315. The topological polar surface area (TPSA) is 61.8 Å². The normalized spacial score (nSPS) is 11.2. The Hall–Kier alpha value is -2.63. The van der Waals surface area contributed by atoms with Gasteiger partial charge in [0.1, 0.15) is 0 Å². The molecule has 0 aliphatic carbocycles. The molecule has 0 aliphatic rings. The maximum absolute atomic E-state index is 12.5. The van der Waals surface area contributed by atoms with Crippen LogP contribution in [-0.2, 0) is 27.1 Å². The Kier molecular flexibility index (Phi) is 3.66. The predicted molar refractivity (Wildman–Crippen MR) is 85.0 cm³/mol. The largest absolute Gasteiger partial charge is 0.332 e. The summed E-state index contributed by atoms with van der Waals surface area (Å²) >= 11 is 0. The van der Waals surface area contributed by atoms with Crippen molar-refractivity contribution in [3.05, 3.63) is 63.1 Å². The fourth-order valence-electron chi connectivity index (χ4n) is 2.68. The molecule has 0 atom stereocenters. The van der Waals surface area contributed by atoms with E-state index in [1.165, 1.54) is 14.7 Å². The van der Waals surface area contributed by atoms with Crippen LogP contribution in [0.3, 0.4) is 0 Å². The van der Waals surface area contributed by atoms with E-state index in [9.17, 15) is 9.59 Å². The molecule has 0 aliphatic heterocycles. The Labute approximate surface area is 127 Å². The molecule has 114 valence electrons. The summed E-state index contributed by atoms with van der Waals surface area (Å²) in [5, 5.41) is 0. The Morgan fingerprint density at radius 3 is 2.55 bits per heavy atom. The zero-order valence-corrected chi connectivity index (χ0v) is 12.7. The van der Waals surface area contributed by atoms with Crippen LogP contribution in [0.4, 0.5) is 0 Å². The molecule has 0 unspecified atom stereocenters. The summed E-state index contributed by atoms with van der Waals surface area (Å²) in [5.41, 5.74) is 1.50. The Balaban J connectivity index is 1.92. The monoisotopic (exact) mass is 298 g/mol. The highest BCUT2D eigenvalue weighted by Gasteiger charge is 2.14. The molecule has 0 saturated heterocycles. The number of benzene rings is 1. The molecule has 2 aromatic heterocycles. The first-order chi connectivity index (χ1) is 10.6. The number of fused-ring (bicyclic) bond motifs is 1. The van der Waals surface area contributed by atoms with Crippen LogP contribution >= 0.6 is 0 Å². The number of rotatable bonds is 4. The first-order valence-corrected chi connectivity index (χ1v) is 7.24. The fourth-order valence-corrected chi connectivity index (χ4v) is 2.68. The maximum Gasteiger partial charge on any atom is 0.332 e. The van der Waals surface area contributed by atoms with Gasteiger partial charge in [0.2, 0.25) is 0 Å². The van der Waals surface area contributed by atoms with E-state index >= 15 is 0 Å². The van der Waals surface area contributed by atoms with Crippen molar-refractivity contribution >= 4 is 11.2 Å². The van der Waals surface area contributed by atoms with E-state index in [0.29, 0.717) is 17.7 Å². The second kappa shape index (κ2) is 5.63. The summed E-state index contributed by atoms with van der Waals surface area (Å²) in [4.78, 5) is 29.0. The molecule has 1 aromatic carbocycles. The lowest BCUT2D eigenvalue weighted by molar-refractivity contribution is 0.571. The van der Waals surface area contributed by atoms with E-state index in [0.717, 1.165) is 12.8 Å². The highest BCUT2D eigenvalue weighted by Crippen LogP contribution is 2.05. The number of aromatic nitrogens is 4. The van der Waals surface area contributed by atoms with Gasteiger partial charge in [0.15, 0.2) is 11.2 Å². The highest BCUT2D eigenvalue weighted by molar-refractivity contribution is 5.69. The standard InChI is InChI=1S/C16H18N4O2/c1-18-11-17-14-13(18)15(21)20(16(22)19(14)2)10-6-9-12-7-4-3-5-8-12/h3-5,7-8,11H,6,9-10H2,1-2H3. The molecule has 6 heteroatoms. The zero-order chi connectivity index (χ0) is 15.7. The minimum absolute atomic E-state index is 0.272. The van der Waals surface area contributed by atoms with Crippen molar-refractivity contribution in [3.8, 4) is 0 Å². The van der Waals surface area contributed by atoms with Gasteiger partial charge in [0, 0.05) is 20.6 Å². The van der Waals surface area contributed by atoms with Crippen LogP contribution in [0.1, 0.15) is 12.0 Å². The third kappa shape index (κ3) is 2.36. The van der Waals surface area contributed by atoms with E-state index in [-0.39, 0.29) is 11.2 Å². The second-order valence-electron chi connectivity index (χ2n) is 5.42. The summed E-state index contributed by atoms with van der Waals surface area (Å²) in [5.74, 6) is 0. The van der Waals surface area contributed by atoms with Crippen LogP contribution in [-0.4, -0.2) is 18.7 Å². The van der Waals surface area contributed by atoms with Crippen molar-refractivity contribution < 1.29 is 0 Å². The third-order valence-corrected chi connectivity index (χ3v) is 3.89. The van der Waals surface area contributed by atoms with Gasteiger partial charge in [0.05, 0.1) is 6.33 Å². The van der Waals surface area contributed by atoms with Crippen molar-refractivity contribution in [2.45, 2.75) is 19.4 Å². The van der Waals surface area contributed by atoms with Gasteiger partial charge in [-0.25, -0.2) is 9.78 Å². The summed E-state index contributed by atoms with van der Waals surface area (Å²) in [6, 6.07) is 10.0. The number of aryl methyl sites for hydroxylation is 3.